The highest BCUT2D eigenvalue weighted by molar-refractivity contribution is 5.91. The Morgan fingerprint density at radius 1 is 0.889 bits per heavy atom. The molecule has 0 aliphatic rings. The number of carbonyl (C=O) groups excluding carboxylic acids is 1. The summed E-state index contributed by atoms with van der Waals surface area (Å²) in [4.78, 5) is 16.8. The first kappa shape index (κ1) is 18.4. The summed E-state index contributed by atoms with van der Waals surface area (Å²) >= 11 is 0. The zero-order valence-corrected chi connectivity index (χ0v) is 15.3. The van der Waals surface area contributed by atoms with E-state index >= 15 is 0 Å². The van der Waals surface area contributed by atoms with E-state index in [1.54, 1.807) is 43.5 Å². The van der Waals surface area contributed by atoms with Gasteiger partial charge in [0, 0.05) is 6.21 Å². The van der Waals surface area contributed by atoms with Crippen LogP contribution in [0.15, 0.2) is 83.9 Å². The molecule has 0 heterocycles. The van der Waals surface area contributed by atoms with Gasteiger partial charge in [-0.25, -0.2) is 4.79 Å². The molecule has 3 aromatic rings. The summed E-state index contributed by atoms with van der Waals surface area (Å²) in [6.07, 6.45) is 1.83. The fourth-order valence-electron chi connectivity index (χ4n) is 2.53. The predicted octanol–water partition coefficient (Wildman–Crippen LogP) is 5.09. The van der Waals surface area contributed by atoms with E-state index in [2.05, 4.69) is 24.0 Å². The zero-order chi connectivity index (χ0) is 19.1. The quantitative estimate of drug-likeness (QED) is 0.350. The van der Waals surface area contributed by atoms with Crippen molar-refractivity contribution in [3.05, 3.63) is 95.6 Å². The molecule has 0 saturated heterocycles. The number of hydrogen-bond acceptors (Lipinski definition) is 4. The first-order valence-electron chi connectivity index (χ1n) is 8.70. The van der Waals surface area contributed by atoms with Crippen LogP contribution in [-0.2, 0) is 0 Å². The molecular weight excluding hydrogens is 338 g/mol. The second-order valence-electron chi connectivity index (χ2n) is 6.05. The molecule has 1 atom stereocenters. The van der Waals surface area contributed by atoms with Gasteiger partial charge in [0.2, 0.25) is 0 Å². The van der Waals surface area contributed by atoms with Gasteiger partial charge in [-0.05, 0) is 66.6 Å². The van der Waals surface area contributed by atoms with Crippen LogP contribution in [-0.4, -0.2) is 19.3 Å². The van der Waals surface area contributed by atoms with Crippen LogP contribution in [0.4, 0.5) is 0 Å². The monoisotopic (exact) mass is 359 g/mol. The van der Waals surface area contributed by atoms with Crippen molar-refractivity contribution in [2.45, 2.75) is 13.0 Å². The molecule has 3 aromatic carbocycles. The van der Waals surface area contributed by atoms with Crippen molar-refractivity contribution < 1.29 is 14.3 Å². The minimum Gasteiger partial charge on any atom is -0.497 e. The summed E-state index contributed by atoms with van der Waals surface area (Å²) in [6.45, 7) is 2.05. The van der Waals surface area contributed by atoms with Crippen LogP contribution < -0.4 is 9.47 Å². The molecule has 0 spiro atoms. The molecule has 136 valence electrons. The first-order chi connectivity index (χ1) is 13.2. The van der Waals surface area contributed by atoms with Crippen molar-refractivity contribution in [3.63, 3.8) is 0 Å². The van der Waals surface area contributed by atoms with Crippen LogP contribution in [0.2, 0.25) is 0 Å². The molecule has 4 heteroatoms. The van der Waals surface area contributed by atoms with Gasteiger partial charge >= 0.3 is 5.97 Å². The van der Waals surface area contributed by atoms with E-state index < -0.39 is 5.97 Å². The maximum atomic E-state index is 12.2. The molecule has 0 aromatic heterocycles. The van der Waals surface area contributed by atoms with Gasteiger partial charge in [-0.2, -0.15) is 0 Å². The summed E-state index contributed by atoms with van der Waals surface area (Å²) in [5.41, 5.74) is 2.58. The normalized spacial score (nSPS) is 11.9. The summed E-state index contributed by atoms with van der Waals surface area (Å²) in [5, 5.41) is 0. The van der Waals surface area contributed by atoms with Crippen molar-refractivity contribution in [1.29, 1.82) is 0 Å². The number of aliphatic imine (C=N–C) groups is 1. The van der Waals surface area contributed by atoms with Crippen molar-refractivity contribution in [2.24, 2.45) is 4.99 Å². The van der Waals surface area contributed by atoms with E-state index in [9.17, 15) is 4.79 Å². The smallest absolute Gasteiger partial charge is 0.343 e. The number of ether oxygens (including phenoxy) is 2. The molecule has 0 radical (unpaired) electrons. The van der Waals surface area contributed by atoms with Crippen molar-refractivity contribution in [2.75, 3.05) is 7.11 Å². The number of benzene rings is 3. The second-order valence-corrected chi connectivity index (χ2v) is 6.05. The standard InChI is InChI=1S/C23H21NO3/c1-17(19-6-4-3-5-7-19)24-16-18-8-12-22(13-9-18)27-23(25)20-10-14-21(26-2)15-11-20/h3-17H,1-2H3/t17-/m0/s1. The van der Waals surface area contributed by atoms with E-state index in [-0.39, 0.29) is 6.04 Å². The maximum Gasteiger partial charge on any atom is 0.343 e. The molecule has 3 rings (SSSR count). The second kappa shape index (κ2) is 8.81. The Bertz CT molecular complexity index is 901. The van der Waals surface area contributed by atoms with Gasteiger partial charge in [0.25, 0.3) is 0 Å². The fourth-order valence-corrected chi connectivity index (χ4v) is 2.53. The number of rotatable bonds is 6. The maximum absolute atomic E-state index is 12.2. The number of nitrogens with zero attached hydrogens (tertiary/aromatic N) is 1. The van der Waals surface area contributed by atoms with Crippen molar-refractivity contribution in [1.82, 2.24) is 0 Å². The number of carbonyl (C=O) groups is 1. The lowest BCUT2D eigenvalue weighted by Gasteiger charge is -2.07. The van der Waals surface area contributed by atoms with Gasteiger partial charge in [0.15, 0.2) is 0 Å². The Labute approximate surface area is 159 Å². The minimum absolute atomic E-state index is 0.0822. The van der Waals surface area contributed by atoms with E-state index in [1.807, 2.05) is 36.5 Å². The van der Waals surface area contributed by atoms with Crippen LogP contribution in [0, 0.1) is 0 Å². The van der Waals surface area contributed by atoms with E-state index in [0.29, 0.717) is 17.1 Å². The highest BCUT2D eigenvalue weighted by atomic mass is 16.5. The number of esters is 1. The number of methoxy groups -OCH3 is 1. The molecule has 27 heavy (non-hydrogen) atoms. The molecule has 0 bridgehead atoms. The van der Waals surface area contributed by atoms with Gasteiger partial charge in [-0.3, -0.25) is 4.99 Å². The van der Waals surface area contributed by atoms with Gasteiger partial charge in [0.05, 0.1) is 18.7 Å². The van der Waals surface area contributed by atoms with Crippen LogP contribution in [0.25, 0.3) is 0 Å². The molecule has 0 aliphatic carbocycles. The van der Waals surface area contributed by atoms with Crippen LogP contribution in [0.3, 0.4) is 0 Å². The highest BCUT2D eigenvalue weighted by Gasteiger charge is 2.08. The molecule has 0 N–H and O–H groups in total. The molecule has 0 aliphatic heterocycles. The SMILES string of the molecule is COc1ccc(C(=O)Oc2ccc(C=N[C@@H](C)c3ccccc3)cc2)cc1. The summed E-state index contributed by atoms with van der Waals surface area (Å²) in [7, 11) is 1.58. The Morgan fingerprint density at radius 2 is 1.52 bits per heavy atom. The van der Waals surface area contributed by atoms with E-state index in [0.717, 1.165) is 5.56 Å². The van der Waals surface area contributed by atoms with Gasteiger partial charge in [-0.1, -0.05) is 30.3 Å². The first-order valence-corrected chi connectivity index (χ1v) is 8.70. The predicted molar refractivity (Wildman–Crippen MR) is 107 cm³/mol. The summed E-state index contributed by atoms with van der Waals surface area (Å²) in [5.74, 6) is 0.778. The van der Waals surface area contributed by atoms with Crippen molar-refractivity contribution >= 4 is 12.2 Å². The molecular formula is C23H21NO3. The van der Waals surface area contributed by atoms with Gasteiger partial charge < -0.3 is 9.47 Å². The molecule has 0 unspecified atom stereocenters. The lowest BCUT2D eigenvalue weighted by atomic mass is 10.1. The lowest BCUT2D eigenvalue weighted by Crippen LogP contribution is -2.08. The number of hydrogen-bond donors (Lipinski definition) is 0. The Morgan fingerprint density at radius 3 is 2.15 bits per heavy atom. The van der Waals surface area contributed by atoms with Crippen LogP contribution in [0.5, 0.6) is 11.5 Å². The molecule has 0 fully saturated rings. The topological polar surface area (TPSA) is 47.9 Å². The minimum atomic E-state index is -0.406. The highest BCUT2D eigenvalue weighted by Crippen LogP contribution is 2.18. The zero-order valence-electron chi connectivity index (χ0n) is 15.3. The van der Waals surface area contributed by atoms with Crippen LogP contribution in [0.1, 0.15) is 34.5 Å². The average molecular weight is 359 g/mol. The summed E-state index contributed by atoms with van der Waals surface area (Å²) < 4.78 is 10.5. The Hall–Kier alpha value is -3.40. The Balaban J connectivity index is 1.61. The molecule has 0 saturated carbocycles. The largest absolute Gasteiger partial charge is 0.497 e. The van der Waals surface area contributed by atoms with Crippen molar-refractivity contribution in [3.8, 4) is 11.5 Å². The van der Waals surface area contributed by atoms with Gasteiger partial charge in [-0.15, -0.1) is 0 Å². The third-order valence-electron chi connectivity index (χ3n) is 4.15. The molecule has 4 nitrogen and oxygen atoms in total. The average Bonchev–Trinajstić information content (AvgIpc) is 2.73. The van der Waals surface area contributed by atoms with Crippen LogP contribution >= 0.6 is 0 Å². The third kappa shape index (κ3) is 5.05. The summed E-state index contributed by atoms with van der Waals surface area (Å²) in [6, 6.07) is 24.3. The fraction of sp³-hybridized carbons (Fsp3) is 0.130. The van der Waals surface area contributed by atoms with E-state index in [1.165, 1.54) is 5.56 Å². The lowest BCUT2D eigenvalue weighted by molar-refractivity contribution is 0.0734. The third-order valence-corrected chi connectivity index (χ3v) is 4.15. The Kier molecular flexibility index (Phi) is 6.00. The molecule has 0 amide bonds. The van der Waals surface area contributed by atoms with Gasteiger partial charge in [0.1, 0.15) is 11.5 Å². The van der Waals surface area contributed by atoms with E-state index in [4.69, 9.17) is 9.47 Å².